The zero-order valence-electron chi connectivity index (χ0n) is 11.6. The second kappa shape index (κ2) is 7.24. The second-order valence-corrected chi connectivity index (χ2v) is 5.46. The van der Waals surface area contributed by atoms with Crippen molar-refractivity contribution in [3.05, 3.63) is 0 Å². The van der Waals surface area contributed by atoms with Crippen LogP contribution in [0.2, 0.25) is 0 Å². The molecule has 1 atom stereocenters. The van der Waals surface area contributed by atoms with Crippen LogP contribution in [-0.4, -0.2) is 36.1 Å². The fraction of sp³-hybridized carbons (Fsp3) is 1.00. The Labute approximate surface area is 96.4 Å². The lowest BCUT2D eigenvalue weighted by Gasteiger charge is -2.31. The van der Waals surface area contributed by atoms with Crippen LogP contribution < -0.4 is 5.32 Å². The van der Waals surface area contributed by atoms with Gasteiger partial charge in [0.05, 0.1) is 0 Å². The maximum atomic E-state index is 3.57. The van der Waals surface area contributed by atoms with E-state index in [0.717, 1.165) is 13.1 Å². The van der Waals surface area contributed by atoms with Crippen molar-refractivity contribution in [2.75, 3.05) is 19.6 Å². The second-order valence-electron chi connectivity index (χ2n) is 5.46. The summed E-state index contributed by atoms with van der Waals surface area (Å²) in [4.78, 5) is 2.56. The van der Waals surface area contributed by atoms with Crippen molar-refractivity contribution in [3.8, 4) is 0 Å². The molecule has 0 amide bonds. The Morgan fingerprint density at radius 3 is 2.20 bits per heavy atom. The van der Waals surface area contributed by atoms with E-state index < -0.39 is 0 Å². The maximum Gasteiger partial charge on any atom is 0.0192 e. The molecule has 0 aromatic heterocycles. The average molecular weight is 214 g/mol. The molecule has 0 rings (SSSR count). The summed E-state index contributed by atoms with van der Waals surface area (Å²) in [6, 6.07) is 0.640. The average Bonchev–Trinajstić information content (AvgIpc) is 2.15. The number of nitrogens with one attached hydrogen (secondary N) is 1. The third kappa shape index (κ3) is 7.80. The Morgan fingerprint density at radius 1 is 1.20 bits per heavy atom. The summed E-state index contributed by atoms with van der Waals surface area (Å²) in [6.45, 7) is 17.0. The van der Waals surface area contributed by atoms with E-state index in [9.17, 15) is 0 Å². The molecule has 0 spiro atoms. The van der Waals surface area contributed by atoms with Gasteiger partial charge in [0, 0.05) is 18.1 Å². The van der Waals surface area contributed by atoms with E-state index in [4.69, 9.17) is 0 Å². The van der Waals surface area contributed by atoms with E-state index in [2.05, 4.69) is 51.8 Å². The Bertz CT molecular complexity index is 149. The molecule has 0 aromatic rings. The first-order valence-electron chi connectivity index (χ1n) is 6.39. The summed E-state index contributed by atoms with van der Waals surface area (Å²) in [6.07, 6.45) is 2.60. The summed E-state index contributed by atoms with van der Waals surface area (Å²) in [5.41, 5.74) is 0.235. The van der Waals surface area contributed by atoms with Gasteiger partial charge in [0.15, 0.2) is 0 Å². The molecule has 0 radical (unpaired) electrons. The van der Waals surface area contributed by atoms with Crippen molar-refractivity contribution in [2.45, 2.75) is 66.0 Å². The monoisotopic (exact) mass is 214 g/mol. The van der Waals surface area contributed by atoms with Crippen LogP contribution in [0.4, 0.5) is 0 Å². The topological polar surface area (TPSA) is 15.3 Å². The van der Waals surface area contributed by atoms with Crippen molar-refractivity contribution in [1.29, 1.82) is 0 Å². The lowest BCUT2D eigenvalue weighted by molar-refractivity contribution is 0.201. The van der Waals surface area contributed by atoms with Crippen LogP contribution in [0.5, 0.6) is 0 Å². The molecule has 0 aromatic carbocycles. The van der Waals surface area contributed by atoms with Crippen molar-refractivity contribution in [1.82, 2.24) is 10.2 Å². The molecule has 2 nitrogen and oxygen atoms in total. The van der Waals surface area contributed by atoms with Crippen molar-refractivity contribution < 1.29 is 0 Å². The molecule has 0 aliphatic heterocycles. The van der Waals surface area contributed by atoms with E-state index in [-0.39, 0.29) is 5.54 Å². The Morgan fingerprint density at radius 2 is 1.80 bits per heavy atom. The van der Waals surface area contributed by atoms with Crippen LogP contribution in [-0.2, 0) is 0 Å². The quantitative estimate of drug-likeness (QED) is 0.701. The Balaban J connectivity index is 3.87. The minimum absolute atomic E-state index is 0.235. The normalized spacial score (nSPS) is 14.6. The number of hydrogen-bond donors (Lipinski definition) is 1. The van der Waals surface area contributed by atoms with Gasteiger partial charge in [-0.25, -0.2) is 0 Å². The van der Waals surface area contributed by atoms with Gasteiger partial charge in [-0.1, -0.05) is 20.3 Å². The van der Waals surface area contributed by atoms with Crippen molar-refractivity contribution in [2.24, 2.45) is 0 Å². The summed E-state index contributed by atoms with van der Waals surface area (Å²) < 4.78 is 0. The fourth-order valence-corrected chi connectivity index (χ4v) is 1.63. The maximum absolute atomic E-state index is 3.57. The Kier molecular flexibility index (Phi) is 7.20. The summed E-state index contributed by atoms with van der Waals surface area (Å²) in [5.74, 6) is 0. The molecular formula is C13H30N2. The first-order valence-corrected chi connectivity index (χ1v) is 6.39. The third-order valence-electron chi connectivity index (χ3n) is 2.76. The highest BCUT2D eigenvalue weighted by molar-refractivity contribution is 4.75. The molecule has 2 heteroatoms. The van der Waals surface area contributed by atoms with Crippen LogP contribution in [0.15, 0.2) is 0 Å². The highest BCUT2D eigenvalue weighted by Crippen LogP contribution is 2.04. The molecule has 0 aliphatic rings. The van der Waals surface area contributed by atoms with E-state index in [1.54, 1.807) is 0 Å². The molecule has 0 heterocycles. The molecule has 15 heavy (non-hydrogen) atoms. The number of unbranched alkanes of at least 4 members (excludes halogenated alkanes) is 1. The standard InChI is InChI=1S/C13H30N2/c1-7-9-10-15(8-2)12(3)11-14-13(4,5)6/h12,14H,7-11H2,1-6H3. The molecule has 0 fully saturated rings. The lowest BCUT2D eigenvalue weighted by Crippen LogP contribution is -2.46. The molecule has 1 N–H and O–H groups in total. The van der Waals surface area contributed by atoms with Crippen molar-refractivity contribution >= 4 is 0 Å². The SMILES string of the molecule is CCCCN(CC)C(C)CNC(C)(C)C. The predicted octanol–water partition coefficient (Wildman–Crippen LogP) is 2.89. The molecule has 0 saturated heterocycles. The first kappa shape index (κ1) is 14.9. The molecular weight excluding hydrogens is 184 g/mol. The largest absolute Gasteiger partial charge is 0.311 e. The van der Waals surface area contributed by atoms with Gasteiger partial charge >= 0.3 is 0 Å². The smallest absolute Gasteiger partial charge is 0.0192 e. The van der Waals surface area contributed by atoms with Gasteiger partial charge in [-0.15, -0.1) is 0 Å². The van der Waals surface area contributed by atoms with Gasteiger partial charge in [-0.3, -0.25) is 4.90 Å². The number of hydrogen-bond acceptors (Lipinski definition) is 2. The summed E-state index contributed by atoms with van der Waals surface area (Å²) in [5, 5.41) is 3.57. The minimum Gasteiger partial charge on any atom is -0.311 e. The van der Waals surface area contributed by atoms with Gasteiger partial charge in [0.2, 0.25) is 0 Å². The molecule has 92 valence electrons. The molecule has 0 bridgehead atoms. The van der Waals surface area contributed by atoms with Crippen LogP contribution >= 0.6 is 0 Å². The lowest BCUT2D eigenvalue weighted by atomic mass is 10.1. The van der Waals surface area contributed by atoms with E-state index >= 15 is 0 Å². The fourth-order valence-electron chi connectivity index (χ4n) is 1.63. The highest BCUT2D eigenvalue weighted by Gasteiger charge is 2.15. The number of rotatable bonds is 7. The summed E-state index contributed by atoms with van der Waals surface area (Å²) >= 11 is 0. The molecule has 0 aliphatic carbocycles. The number of likely N-dealkylation sites (N-methyl/N-ethyl adjacent to an activating group) is 1. The van der Waals surface area contributed by atoms with Crippen LogP contribution in [0.1, 0.15) is 54.4 Å². The zero-order chi connectivity index (χ0) is 11.9. The van der Waals surface area contributed by atoms with Crippen LogP contribution in [0, 0.1) is 0 Å². The van der Waals surface area contributed by atoms with Crippen LogP contribution in [0.25, 0.3) is 0 Å². The highest BCUT2D eigenvalue weighted by atomic mass is 15.2. The number of nitrogens with zero attached hydrogens (tertiary/aromatic N) is 1. The van der Waals surface area contributed by atoms with E-state index in [1.165, 1.54) is 19.4 Å². The van der Waals surface area contributed by atoms with Gasteiger partial charge in [0.1, 0.15) is 0 Å². The van der Waals surface area contributed by atoms with Gasteiger partial charge in [0.25, 0.3) is 0 Å². The van der Waals surface area contributed by atoms with Gasteiger partial charge < -0.3 is 5.32 Å². The first-order chi connectivity index (χ1) is 6.90. The third-order valence-corrected chi connectivity index (χ3v) is 2.76. The summed E-state index contributed by atoms with van der Waals surface area (Å²) in [7, 11) is 0. The van der Waals surface area contributed by atoms with E-state index in [1.807, 2.05) is 0 Å². The minimum atomic E-state index is 0.235. The Hall–Kier alpha value is -0.0800. The van der Waals surface area contributed by atoms with Gasteiger partial charge in [-0.2, -0.15) is 0 Å². The molecule has 0 saturated carbocycles. The molecule has 1 unspecified atom stereocenters. The van der Waals surface area contributed by atoms with Crippen LogP contribution in [0.3, 0.4) is 0 Å². The zero-order valence-corrected chi connectivity index (χ0v) is 11.6. The van der Waals surface area contributed by atoms with Crippen molar-refractivity contribution in [3.63, 3.8) is 0 Å². The predicted molar refractivity (Wildman–Crippen MR) is 69.4 cm³/mol. The van der Waals surface area contributed by atoms with E-state index in [0.29, 0.717) is 6.04 Å². The van der Waals surface area contributed by atoms with Gasteiger partial charge in [-0.05, 0) is 47.2 Å².